The van der Waals surface area contributed by atoms with E-state index in [1.807, 2.05) is 0 Å². The summed E-state index contributed by atoms with van der Waals surface area (Å²) in [5.74, 6) is 1.50. The number of anilines is 1. The van der Waals surface area contributed by atoms with Gasteiger partial charge in [0.25, 0.3) is 0 Å². The van der Waals surface area contributed by atoms with Crippen molar-refractivity contribution in [2.75, 3.05) is 12.4 Å². The monoisotopic (exact) mass is 297 g/mol. The van der Waals surface area contributed by atoms with E-state index in [2.05, 4.69) is 28.9 Å². The van der Waals surface area contributed by atoms with Crippen molar-refractivity contribution in [2.24, 2.45) is 11.8 Å². The summed E-state index contributed by atoms with van der Waals surface area (Å²) in [4.78, 5) is 4.27. The van der Waals surface area contributed by atoms with Crippen LogP contribution in [0.15, 0.2) is 23.2 Å². The van der Waals surface area contributed by atoms with Crippen LogP contribution in [0.1, 0.15) is 33.1 Å². The molecule has 0 radical (unpaired) electrons. The Morgan fingerprint density at radius 2 is 1.85 bits per heavy atom. The summed E-state index contributed by atoms with van der Waals surface area (Å²) < 4.78 is 27.8. The molecule has 0 spiro atoms. The second kappa shape index (κ2) is 6.10. The van der Waals surface area contributed by atoms with Crippen LogP contribution in [0.2, 0.25) is 0 Å². The molecule has 1 saturated carbocycles. The van der Waals surface area contributed by atoms with Crippen molar-refractivity contribution >= 4 is 15.8 Å². The summed E-state index contributed by atoms with van der Waals surface area (Å²) in [6.07, 6.45) is 4.56. The van der Waals surface area contributed by atoms with Crippen LogP contribution >= 0.6 is 0 Å². The molecule has 1 aliphatic rings. The highest BCUT2D eigenvalue weighted by Gasteiger charge is 2.29. The molecule has 2 rings (SSSR count). The van der Waals surface area contributed by atoms with Gasteiger partial charge >= 0.3 is 0 Å². The third-order valence-corrected chi connectivity index (χ3v) is 5.35. The first-order chi connectivity index (χ1) is 9.42. The lowest BCUT2D eigenvalue weighted by atomic mass is 9.81. The van der Waals surface area contributed by atoms with Gasteiger partial charge in [0.05, 0.1) is 0 Å². The maximum atomic E-state index is 12.5. The predicted octanol–water partition coefficient (Wildman–Crippen LogP) is 2.23. The van der Waals surface area contributed by atoms with E-state index in [0.717, 1.165) is 12.8 Å². The summed E-state index contributed by atoms with van der Waals surface area (Å²) in [7, 11) is -1.85. The Morgan fingerprint density at radius 3 is 2.45 bits per heavy atom. The molecule has 5 nitrogen and oxygen atoms in total. The van der Waals surface area contributed by atoms with Gasteiger partial charge in [-0.05, 0) is 43.2 Å². The van der Waals surface area contributed by atoms with Crippen molar-refractivity contribution in [1.82, 2.24) is 9.71 Å². The molecular weight excluding hydrogens is 274 g/mol. The van der Waals surface area contributed by atoms with Crippen LogP contribution in [0.25, 0.3) is 0 Å². The molecule has 0 saturated heterocycles. The van der Waals surface area contributed by atoms with E-state index >= 15 is 0 Å². The molecule has 112 valence electrons. The van der Waals surface area contributed by atoms with Crippen molar-refractivity contribution in [2.45, 2.75) is 44.0 Å². The van der Waals surface area contributed by atoms with Gasteiger partial charge in [0, 0.05) is 19.3 Å². The molecule has 2 atom stereocenters. The fourth-order valence-electron chi connectivity index (χ4n) is 3.12. The van der Waals surface area contributed by atoms with E-state index in [4.69, 9.17) is 0 Å². The van der Waals surface area contributed by atoms with Crippen molar-refractivity contribution < 1.29 is 8.42 Å². The maximum absolute atomic E-state index is 12.5. The number of aromatic nitrogens is 1. The highest BCUT2D eigenvalue weighted by molar-refractivity contribution is 7.89. The molecule has 1 fully saturated rings. The third-order valence-electron chi connectivity index (χ3n) is 3.80. The molecule has 1 aromatic rings. The number of pyridine rings is 1. The number of nitrogens with one attached hydrogen (secondary N) is 2. The van der Waals surface area contributed by atoms with E-state index in [1.54, 1.807) is 25.4 Å². The molecule has 0 bridgehead atoms. The maximum Gasteiger partial charge on any atom is 0.244 e. The third kappa shape index (κ3) is 3.49. The SMILES string of the molecule is CNc1ncccc1S(=O)(=O)NC1CC(C)CC(C)C1. The first kappa shape index (κ1) is 15.3. The van der Waals surface area contributed by atoms with Crippen molar-refractivity contribution in [1.29, 1.82) is 0 Å². The summed E-state index contributed by atoms with van der Waals surface area (Å²) in [6, 6.07) is 3.24. The van der Waals surface area contributed by atoms with Crippen LogP contribution in [0.5, 0.6) is 0 Å². The highest BCUT2D eigenvalue weighted by Crippen LogP contribution is 2.29. The van der Waals surface area contributed by atoms with Crippen molar-refractivity contribution in [3.63, 3.8) is 0 Å². The first-order valence-corrected chi connectivity index (χ1v) is 8.55. The van der Waals surface area contributed by atoms with Crippen molar-refractivity contribution in [3.05, 3.63) is 18.3 Å². The fourth-order valence-corrected chi connectivity index (χ4v) is 4.55. The van der Waals surface area contributed by atoms with E-state index in [0.29, 0.717) is 17.7 Å². The zero-order chi connectivity index (χ0) is 14.8. The van der Waals surface area contributed by atoms with Gasteiger partial charge in [0.1, 0.15) is 10.7 Å². The fraction of sp³-hybridized carbons (Fsp3) is 0.643. The standard InChI is InChI=1S/C14H23N3O2S/c1-10-7-11(2)9-12(8-10)17-20(18,19)13-5-4-6-16-14(13)15-3/h4-6,10-12,17H,7-9H2,1-3H3,(H,15,16). The number of hydrogen-bond donors (Lipinski definition) is 2. The molecule has 1 heterocycles. The quantitative estimate of drug-likeness (QED) is 0.894. The van der Waals surface area contributed by atoms with Crippen LogP contribution < -0.4 is 10.0 Å². The normalized spacial score (nSPS) is 27.2. The molecule has 0 aliphatic heterocycles. The zero-order valence-electron chi connectivity index (χ0n) is 12.3. The lowest BCUT2D eigenvalue weighted by Crippen LogP contribution is -2.40. The molecule has 2 N–H and O–H groups in total. The topological polar surface area (TPSA) is 71.1 Å². The number of rotatable bonds is 4. The van der Waals surface area contributed by atoms with Crippen LogP contribution in [0, 0.1) is 11.8 Å². The molecule has 2 unspecified atom stereocenters. The molecule has 20 heavy (non-hydrogen) atoms. The largest absolute Gasteiger partial charge is 0.372 e. The van der Waals surface area contributed by atoms with E-state index in [-0.39, 0.29) is 10.9 Å². The summed E-state index contributed by atoms with van der Waals surface area (Å²) >= 11 is 0. The molecule has 6 heteroatoms. The number of nitrogens with zero attached hydrogens (tertiary/aromatic N) is 1. The van der Waals surface area contributed by atoms with Gasteiger partial charge in [-0.2, -0.15) is 0 Å². The smallest absolute Gasteiger partial charge is 0.244 e. The Kier molecular flexibility index (Phi) is 4.65. The zero-order valence-corrected chi connectivity index (χ0v) is 13.1. The van der Waals surface area contributed by atoms with Crippen LogP contribution in [0.4, 0.5) is 5.82 Å². The molecule has 0 aromatic carbocycles. The van der Waals surface area contributed by atoms with Gasteiger partial charge < -0.3 is 5.32 Å². The lowest BCUT2D eigenvalue weighted by Gasteiger charge is -2.31. The Morgan fingerprint density at radius 1 is 1.20 bits per heavy atom. The van der Waals surface area contributed by atoms with Gasteiger partial charge in [0.15, 0.2) is 0 Å². The van der Waals surface area contributed by atoms with Crippen LogP contribution in [-0.4, -0.2) is 26.5 Å². The van der Waals surface area contributed by atoms with Crippen LogP contribution in [-0.2, 0) is 10.0 Å². The average molecular weight is 297 g/mol. The second-order valence-electron chi connectivity index (χ2n) is 5.84. The Balaban J connectivity index is 2.19. The summed E-state index contributed by atoms with van der Waals surface area (Å²) in [5, 5.41) is 2.83. The minimum absolute atomic E-state index is 0.0173. The van der Waals surface area contributed by atoms with Gasteiger partial charge in [-0.3, -0.25) is 0 Å². The number of sulfonamides is 1. The predicted molar refractivity (Wildman–Crippen MR) is 80.1 cm³/mol. The minimum Gasteiger partial charge on any atom is -0.372 e. The van der Waals surface area contributed by atoms with E-state index in [1.165, 1.54) is 6.42 Å². The Hall–Kier alpha value is -1.14. The van der Waals surface area contributed by atoms with Crippen molar-refractivity contribution in [3.8, 4) is 0 Å². The lowest BCUT2D eigenvalue weighted by molar-refractivity contribution is 0.257. The molecule has 1 aromatic heterocycles. The van der Waals surface area contributed by atoms with E-state index in [9.17, 15) is 8.42 Å². The molecule has 1 aliphatic carbocycles. The van der Waals surface area contributed by atoms with E-state index < -0.39 is 10.0 Å². The Bertz CT molecular complexity index is 549. The first-order valence-electron chi connectivity index (χ1n) is 7.07. The van der Waals surface area contributed by atoms with Gasteiger partial charge in [0.2, 0.25) is 10.0 Å². The average Bonchev–Trinajstić information content (AvgIpc) is 2.36. The van der Waals surface area contributed by atoms with Gasteiger partial charge in [-0.1, -0.05) is 13.8 Å². The molecule has 0 amide bonds. The summed E-state index contributed by atoms with van der Waals surface area (Å²) in [6.45, 7) is 4.36. The number of hydrogen-bond acceptors (Lipinski definition) is 4. The minimum atomic E-state index is -3.52. The molecular formula is C14H23N3O2S. The van der Waals surface area contributed by atoms with Gasteiger partial charge in [-0.15, -0.1) is 0 Å². The second-order valence-corrected chi connectivity index (χ2v) is 7.52. The van der Waals surface area contributed by atoms with Crippen LogP contribution in [0.3, 0.4) is 0 Å². The highest BCUT2D eigenvalue weighted by atomic mass is 32.2. The van der Waals surface area contributed by atoms with Gasteiger partial charge in [-0.25, -0.2) is 18.1 Å². The Labute approximate surface area is 121 Å². The summed E-state index contributed by atoms with van der Waals surface area (Å²) in [5.41, 5.74) is 0.